The molecule has 0 saturated heterocycles. The van der Waals surface area contributed by atoms with Crippen molar-refractivity contribution in [2.45, 2.75) is 86.2 Å². The Bertz CT molecular complexity index is 1170. The van der Waals surface area contributed by atoms with E-state index in [9.17, 15) is 13.2 Å². The van der Waals surface area contributed by atoms with Crippen LogP contribution in [0.2, 0.25) is 0 Å². The Hall–Kier alpha value is -2.43. The molecule has 1 amide bonds. The lowest BCUT2D eigenvalue weighted by atomic mass is 10.2. The zero-order chi connectivity index (χ0) is 34.5. The van der Waals surface area contributed by atoms with E-state index in [2.05, 4.69) is 24.4 Å². The van der Waals surface area contributed by atoms with Gasteiger partial charge in [0.2, 0.25) is 18.4 Å². The summed E-state index contributed by atoms with van der Waals surface area (Å²) >= 11 is 0. The molecule has 0 aliphatic rings. The summed E-state index contributed by atoms with van der Waals surface area (Å²) in [5.41, 5.74) is 0.722. The van der Waals surface area contributed by atoms with Crippen LogP contribution in [0, 0.1) is 12.8 Å². The van der Waals surface area contributed by atoms with Gasteiger partial charge < -0.3 is 28.6 Å². The number of benzene rings is 2. The number of sulfonamides is 1. The second-order valence-electron chi connectivity index (χ2n) is 10.9. The Morgan fingerprint density at radius 1 is 0.978 bits per heavy atom. The number of alkyl carbamates (subject to hydrolysis) is 1. The number of carbonyl (C=O) groups excluding carboxylic acids is 1. The third kappa shape index (κ3) is 18.3. The fourth-order valence-corrected chi connectivity index (χ4v) is 6.31. The Balaban J connectivity index is 0.00000185. The van der Waals surface area contributed by atoms with Crippen LogP contribution in [0.25, 0.3) is 0 Å². The average Bonchev–Trinajstić information content (AvgIpc) is 2.98. The maximum absolute atomic E-state index is 13.6. The SMILES string of the molecule is CC.CCOP(COc1cc(S(=O)(=O)N(CCCNC(=O)OC(C)(C)C)CC(C)C)ccc1OC)OCC.Cc1ccccc1. The molecule has 45 heavy (non-hydrogen) atoms. The molecule has 0 saturated carbocycles. The van der Waals surface area contributed by atoms with Crippen LogP contribution in [-0.2, 0) is 23.8 Å². The van der Waals surface area contributed by atoms with Crippen molar-refractivity contribution in [3.8, 4) is 11.5 Å². The zero-order valence-corrected chi connectivity index (χ0v) is 30.9. The first-order valence-corrected chi connectivity index (χ1v) is 18.4. The molecule has 2 aromatic carbocycles. The van der Waals surface area contributed by atoms with E-state index < -0.39 is 30.1 Å². The molecule has 0 aromatic heterocycles. The van der Waals surface area contributed by atoms with Crippen molar-refractivity contribution >= 4 is 24.5 Å². The number of methoxy groups -OCH3 is 1. The van der Waals surface area contributed by atoms with Crippen LogP contribution in [0.15, 0.2) is 53.4 Å². The standard InChI is InChI=1S/C24H43N2O8PS.C7H8.C2H6/c1-9-32-35(33-10-2)18-31-22-16-20(12-13-21(22)30-8)36(28,29)26(17-19(3)4)15-11-14-25-23(27)34-24(5,6)7;1-7-5-3-2-4-6-7;1-2/h12-13,16,19H,9-11,14-15,17-18H2,1-8H3,(H,25,27);2-6H,1H3;1-2H3. The number of amides is 1. The van der Waals surface area contributed by atoms with Gasteiger partial charge in [0.05, 0.1) is 25.2 Å². The summed E-state index contributed by atoms with van der Waals surface area (Å²) in [5, 5.41) is 2.67. The molecular formula is C33H57N2O8PS. The first kappa shape index (κ1) is 42.6. The maximum atomic E-state index is 13.6. The predicted molar refractivity (Wildman–Crippen MR) is 184 cm³/mol. The Labute approximate surface area is 274 Å². The number of ether oxygens (including phenoxy) is 3. The van der Waals surface area contributed by atoms with Gasteiger partial charge in [-0.05, 0) is 66.0 Å². The van der Waals surface area contributed by atoms with Crippen molar-refractivity contribution in [2.24, 2.45) is 5.92 Å². The van der Waals surface area contributed by atoms with Crippen molar-refractivity contribution in [1.29, 1.82) is 0 Å². The van der Waals surface area contributed by atoms with E-state index in [4.69, 9.17) is 23.3 Å². The molecule has 0 aliphatic heterocycles. The first-order chi connectivity index (χ1) is 21.2. The highest BCUT2D eigenvalue weighted by atomic mass is 32.2. The summed E-state index contributed by atoms with van der Waals surface area (Å²) in [6.07, 6.45) is 0.0393. The van der Waals surface area contributed by atoms with E-state index in [-0.39, 0.29) is 30.3 Å². The van der Waals surface area contributed by atoms with E-state index in [1.807, 2.05) is 59.7 Å². The Morgan fingerprint density at radius 2 is 1.58 bits per heavy atom. The molecule has 0 atom stereocenters. The van der Waals surface area contributed by atoms with Crippen LogP contribution in [0.5, 0.6) is 11.5 Å². The molecule has 0 fully saturated rings. The smallest absolute Gasteiger partial charge is 0.407 e. The van der Waals surface area contributed by atoms with Gasteiger partial charge in [0, 0.05) is 25.7 Å². The van der Waals surface area contributed by atoms with Crippen LogP contribution in [-0.4, -0.2) is 70.7 Å². The van der Waals surface area contributed by atoms with Crippen molar-refractivity contribution in [1.82, 2.24) is 9.62 Å². The minimum atomic E-state index is -3.84. The van der Waals surface area contributed by atoms with E-state index in [0.29, 0.717) is 37.7 Å². The highest BCUT2D eigenvalue weighted by molar-refractivity contribution is 7.89. The third-order valence-electron chi connectivity index (χ3n) is 5.41. The van der Waals surface area contributed by atoms with Crippen LogP contribution in [0.3, 0.4) is 0 Å². The van der Waals surface area contributed by atoms with E-state index in [0.717, 1.165) is 0 Å². The summed E-state index contributed by atoms with van der Waals surface area (Å²) in [6.45, 7) is 20.9. The summed E-state index contributed by atoms with van der Waals surface area (Å²) in [7, 11) is -3.61. The molecule has 10 nitrogen and oxygen atoms in total. The molecule has 0 bridgehead atoms. The lowest BCUT2D eigenvalue weighted by Crippen LogP contribution is -2.38. The largest absolute Gasteiger partial charge is 0.493 e. The van der Waals surface area contributed by atoms with E-state index >= 15 is 0 Å². The number of carbonyl (C=O) groups is 1. The van der Waals surface area contributed by atoms with Gasteiger partial charge in [-0.2, -0.15) is 4.31 Å². The minimum absolute atomic E-state index is 0.0937. The molecule has 0 radical (unpaired) electrons. The maximum Gasteiger partial charge on any atom is 0.407 e. The second kappa shape index (κ2) is 23.0. The molecule has 0 spiro atoms. The molecule has 0 aliphatic carbocycles. The van der Waals surface area contributed by atoms with Gasteiger partial charge >= 0.3 is 6.09 Å². The number of rotatable bonds is 16. The van der Waals surface area contributed by atoms with E-state index in [1.54, 1.807) is 26.8 Å². The summed E-state index contributed by atoms with van der Waals surface area (Å²) < 4.78 is 56.1. The van der Waals surface area contributed by atoms with Gasteiger partial charge in [-0.3, -0.25) is 0 Å². The highest BCUT2D eigenvalue weighted by Crippen LogP contribution is 2.40. The van der Waals surface area contributed by atoms with Gasteiger partial charge in [0.25, 0.3) is 0 Å². The van der Waals surface area contributed by atoms with E-state index in [1.165, 1.54) is 29.1 Å². The summed E-state index contributed by atoms with van der Waals surface area (Å²) in [4.78, 5) is 12.0. The first-order valence-electron chi connectivity index (χ1n) is 15.6. The molecule has 258 valence electrons. The van der Waals surface area contributed by atoms with Gasteiger partial charge in [-0.1, -0.05) is 63.6 Å². The van der Waals surface area contributed by atoms with Crippen LogP contribution in [0.1, 0.15) is 74.3 Å². The molecule has 2 aromatic rings. The van der Waals surface area contributed by atoms with Crippen molar-refractivity contribution in [2.75, 3.05) is 46.3 Å². The van der Waals surface area contributed by atoms with Crippen LogP contribution < -0.4 is 14.8 Å². The van der Waals surface area contributed by atoms with Crippen molar-refractivity contribution in [3.63, 3.8) is 0 Å². The minimum Gasteiger partial charge on any atom is -0.493 e. The van der Waals surface area contributed by atoms with Crippen molar-refractivity contribution < 1.29 is 36.5 Å². The lowest BCUT2D eigenvalue weighted by Gasteiger charge is -2.25. The number of nitrogens with one attached hydrogen (secondary N) is 1. The van der Waals surface area contributed by atoms with Crippen LogP contribution >= 0.6 is 8.38 Å². The Kier molecular flexibility index (Phi) is 21.7. The molecule has 0 heterocycles. The fourth-order valence-electron chi connectivity index (χ4n) is 3.61. The number of aryl methyl sites for hydroxylation is 1. The van der Waals surface area contributed by atoms with Gasteiger partial charge in [0.1, 0.15) is 5.60 Å². The highest BCUT2D eigenvalue weighted by Gasteiger charge is 2.27. The van der Waals surface area contributed by atoms with Gasteiger partial charge in [0.15, 0.2) is 17.8 Å². The molecule has 1 N–H and O–H groups in total. The van der Waals surface area contributed by atoms with Gasteiger partial charge in [-0.25, -0.2) is 13.2 Å². The Morgan fingerprint density at radius 3 is 2.04 bits per heavy atom. The molecule has 2 rings (SSSR count). The van der Waals surface area contributed by atoms with Crippen LogP contribution in [0.4, 0.5) is 4.79 Å². The average molecular weight is 673 g/mol. The normalized spacial score (nSPS) is 11.3. The lowest BCUT2D eigenvalue weighted by molar-refractivity contribution is 0.0526. The topological polar surface area (TPSA) is 113 Å². The fraction of sp³-hybridized carbons (Fsp3) is 0.606. The second-order valence-corrected chi connectivity index (χ2v) is 14.3. The van der Waals surface area contributed by atoms with Gasteiger partial charge in [-0.15, -0.1) is 0 Å². The summed E-state index contributed by atoms with van der Waals surface area (Å²) in [5.74, 6) is 0.809. The number of hydrogen-bond donors (Lipinski definition) is 1. The number of nitrogens with zero attached hydrogens (tertiary/aromatic N) is 1. The molecule has 12 heteroatoms. The zero-order valence-electron chi connectivity index (χ0n) is 29.2. The third-order valence-corrected chi connectivity index (χ3v) is 8.70. The quantitative estimate of drug-likeness (QED) is 0.141. The number of hydrogen-bond acceptors (Lipinski definition) is 8. The van der Waals surface area contributed by atoms with Crippen molar-refractivity contribution in [3.05, 3.63) is 54.1 Å². The molecular weight excluding hydrogens is 615 g/mol. The summed E-state index contributed by atoms with van der Waals surface area (Å²) in [6, 6.07) is 14.8. The monoisotopic (exact) mass is 672 g/mol. The predicted octanol–water partition coefficient (Wildman–Crippen LogP) is 8.00. The molecule has 0 unspecified atom stereocenters.